The van der Waals surface area contributed by atoms with Crippen LogP contribution in [0.3, 0.4) is 0 Å². The maximum atomic E-state index is 12.2. The second kappa shape index (κ2) is 6.80. The van der Waals surface area contributed by atoms with E-state index >= 15 is 0 Å². The Kier molecular flexibility index (Phi) is 4.18. The highest BCUT2D eigenvalue weighted by Gasteiger charge is 2.17. The highest BCUT2D eigenvalue weighted by atomic mass is 16.3. The minimum Gasteiger partial charge on any atom is -0.493 e. The molecule has 0 radical (unpaired) electrons. The summed E-state index contributed by atoms with van der Waals surface area (Å²) in [6.07, 6.45) is 3.31. The number of allylic oxidation sites excluding steroid dienone is 1. The number of aliphatic imine (C=N–C) groups is 1. The highest BCUT2D eigenvalue weighted by molar-refractivity contribution is 6.21. The van der Waals surface area contributed by atoms with Gasteiger partial charge in [0.25, 0.3) is 0 Å². The summed E-state index contributed by atoms with van der Waals surface area (Å²) in [6, 6.07) is 16.5. The first-order valence-corrected chi connectivity index (χ1v) is 8.33. The molecular formula is C20H16N4O3. The van der Waals surface area contributed by atoms with Crippen molar-refractivity contribution >= 4 is 35.1 Å². The van der Waals surface area contributed by atoms with Crippen molar-refractivity contribution in [3.05, 3.63) is 76.3 Å². The SMILES string of the molecule is O=C(Cn1c(O)c(/C=C2/C=Nc3ccccc32)[nH]c1=O)Nc1ccccc1. The molecule has 1 amide bonds. The maximum absolute atomic E-state index is 12.2. The van der Waals surface area contributed by atoms with Crippen molar-refractivity contribution in [2.75, 3.05) is 5.32 Å². The number of hydrogen-bond acceptors (Lipinski definition) is 4. The Hall–Kier alpha value is -3.87. The highest BCUT2D eigenvalue weighted by Crippen LogP contribution is 2.32. The molecule has 2 aromatic carbocycles. The van der Waals surface area contributed by atoms with Gasteiger partial charge in [0.1, 0.15) is 12.2 Å². The first kappa shape index (κ1) is 16.6. The van der Waals surface area contributed by atoms with Crippen LogP contribution in [-0.2, 0) is 11.3 Å². The molecule has 7 nitrogen and oxygen atoms in total. The van der Waals surface area contributed by atoms with E-state index in [9.17, 15) is 14.7 Å². The van der Waals surface area contributed by atoms with E-state index in [2.05, 4.69) is 15.3 Å². The fourth-order valence-corrected chi connectivity index (χ4v) is 2.90. The number of anilines is 1. The summed E-state index contributed by atoms with van der Waals surface area (Å²) in [6.45, 7) is -0.302. The summed E-state index contributed by atoms with van der Waals surface area (Å²) >= 11 is 0. The number of carbonyl (C=O) groups excluding carboxylic acids is 1. The molecule has 0 saturated heterocycles. The van der Waals surface area contributed by atoms with Crippen molar-refractivity contribution in [2.45, 2.75) is 6.54 Å². The average Bonchev–Trinajstić information content (AvgIpc) is 3.19. The third-order valence-electron chi connectivity index (χ3n) is 4.20. The largest absolute Gasteiger partial charge is 0.493 e. The molecule has 3 N–H and O–H groups in total. The second-order valence-electron chi connectivity index (χ2n) is 6.04. The number of rotatable bonds is 4. The zero-order valence-electron chi connectivity index (χ0n) is 14.2. The van der Waals surface area contributed by atoms with Gasteiger partial charge >= 0.3 is 5.69 Å². The number of hydrogen-bond donors (Lipinski definition) is 3. The maximum Gasteiger partial charge on any atom is 0.329 e. The van der Waals surface area contributed by atoms with Gasteiger partial charge in [0.2, 0.25) is 11.8 Å². The zero-order chi connectivity index (χ0) is 18.8. The van der Waals surface area contributed by atoms with Crippen molar-refractivity contribution < 1.29 is 9.90 Å². The van der Waals surface area contributed by atoms with Gasteiger partial charge in [-0.15, -0.1) is 0 Å². The Morgan fingerprint density at radius 1 is 1.15 bits per heavy atom. The Labute approximate surface area is 154 Å². The lowest BCUT2D eigenvalue weighted by molar-refractivity contribution is -0.116. The van der Waals surface area contributed by atoms with Crippen molar-refractivity contribution in [2.24, 2.45) is 4.99 Å². The van der Waals surface area contributed by atoms with Gasteiger partial charge in [0, 0.05) is 23.0 Å². The standard InChI is InChI=1S/C20H16N4O3/c25-18(22-14-6-2-1-3-7-14)12-24-19(26)17(23-20(24)27)10-13-11-21-16-9-5-4-8-15(13)16/h1-11,26H,12H2,(H,22,25)(H,23,27)/b13-10-. The smallest absolute Gasteiger partial charge is 0.329 e. The summed E-state index contributed by atoms with van der Waals surface area (Å²) in [5.74, 6) is -0.710. The fraction of sp³-hybridized carbons (Fsp3) is 0.0500. The van der Waals surface area contributed by atoms with E-state index in [1.807, 2.05) is 30.3 Å². The number of aromatic amines is 1. The van der Waals surface area contributed by atoms with Gasteiger partial charge in [-0.2, -0.15) is 0 Å². The van der Waals surface area contributed by atoms with Crippen LogP contribution in [0.25, 0.3) is 11.6 Å². The molecule has 3 aromatic rings. The lowest BCUT2D eigenvalue weighted by Gasteiger charge is -2.06. The van der Waals surface area contributed by atoms with Gasteiger partial charge in [-0.25, -0.2) is 4.79 Å². The fourth-order valence-electron chi connectivity index (χ4n) is 2.90. The Morgan fingerprint density at radius 2 is 1.89 bits per heavy atom. The normalized spacial score (nSPS) is 13.7. The molecule has 1 aliphatic heterocycles. The summed E-state index contributed by atoms with van der Waals surface area (Å²) in [4.78, 5) is 31.2. The molecule has 0 spiro atoms. The molecule has 0 atom stereocenters. The number of imidazole rings is 1. The van der Waals surface area contributed by atoms with Crippen molar-refractivity contribution in [3.63, 3.8) is 0 Å². The van der Waals surface area contributed by atoms with Gasteiger partial charge in [-0.1, -0.05) is 36.4 Å². The van der Waals surface area contributed by atoms with Gasteiger partial charge in [-0.3, -0.25) is 14.4 Å². The van der Waals surface area contributed by atoms with Crippen LogP contribution in [0.4, 0.5) is 11.4 Å². The molecule has 0 bridgehead atoms. The van der Waals surface area contributed by atoms with Crippen LogP contribution < -0.4 is 11.0 Å². The molecule has 1 aromatic heterocycles. The van der Waals surface area contributed by atoms with E-state index in [0.29, 0.717) is 5.69 Å². The molecule has 4 rings (SSSR count). The predicted molar refractivity (Wildman–Crippen MR) is 104 cm³/mol. The first-order chi connectivity index (χ1) is 13.1. The second-order valence-corrected chi connectivity index (χ2v) is 6.04. The number of fused-ring (bicyclic) bond motifs is 1. The molecule has 1 aliphatic rings. The number of amides is 1. The Morgan fingerprint density at radius 3 is 2.70 bits per heavy atom. The number of H-pyrrole nitrogens is 1. The third kappa shape index (κ3) is 3.30. The topological polar surface area (TPSA) is 99.5 Å². The lowest BCUT2D eigenvalue weighted by atomic mass is 10.1. The van der Waals surface area contributed by atoms with Crippen LogP contribution in [0, 0.1) is 0 Å². The van der Waals surface area contributed by atoms with E-state index in [-0.39, 0.29) is 18.1 Å². The molecule has 0 aliphatic carbocycles. The van der Waals surface area contributed by atoms with Crippen molar-refractivity contribution in [1.82, 2.24) is 9.55 Å². The molecule has 134 valence electrons. The van der Waals surface area contributed by atoms with E-state index in [4.69, 9.17) is 0 Å². The van der Waals surface area contributed by atoms with Crippen molar-refractivity contribution in [1.29, 1.82) is 0 Å². The number of aromatic hydroxyl groups is 1. The third-order valence-corrected chi connectivity index (χ3v) is 4.20. The number of benzene rings is 2. The quantitative estimate of drug-likeness (QED) is 0.667. The summed E-state index contributed by atoms with van der Waals surface area (Å²) in [7, 11) is 0. The van der Waals surface area contributed by atoms with Crippen LogP contribution in [0.5, 0.6) is 5.88 Å². The predicted octanol–water partition coefficient (Wildman–Crippen LogP) is 2.78. The first-order valence-electron chi connectivity index (χ1n) is 8.33. The van der Waals surface area contributed by atoms with Gasteiger partial charge in [-0.05, 0) is 24.3 Å². The van der Waals surface area contributed by atoms with Crippen LogP contribution in [0.2, 0.25) is 0 Å². The number of para-hydroxylation sites is 2. The molecule has 0 unspecified atom stereocenters. The van der Waals surface area contributed by atoms with E-state index in [0.717, 1.165) is 21.4 Å². The number of nitrogens with zero attached hydrogens (tertiary/aromatic N) is 2. The van der Waals surface area contributed by atoms with Crippen LogP contribution in [0.15, 0.2) is 64.4 Å². The van der Waals surface area contributed by atoms with Crippen LogP contribution in [-0.4, -0.2) is 26.8 Å². The summed E-state index contributed by atoms with van der Waals surface area (Å²) in [5.41, 5.74) is 2.78. The molecule has 27 heavy (non-hydrogen) atoms. The molecular weight excluding hydrogens is 344 g/mol. The Balaban J connectivity index is 1.58. The minimum absolute atomic E-state index is 0.227. The lowest BCUT2D eigenvalue weighted by Crippen LogP contribution is -2.25. The van der Waals surface area contributed by atoms with Crippen LogP contribution in [0.1, 0.15) is 11.3 Å². The van der Waals surface area contributed by atoms with E-state index < -0.39 is 11.6 Å². The summed E-state index contributed by atoms with van der Waals surface area (Å²) in [5, 5.41) is 13.1. The Bertz CT molecular complexity index is 1120. The number of carbonyl (C=O) groups is 1. The van der Waals surface area contributed by atoms with E-state index in [1.54, 1.807) is 36.6 Å². The van der Waals surface area contributed by atoms with E-state index in [1.165, 1.54) is 0 Å². The van der Waals surface area contributed by atoms with Gasteiger partial charge in [0.15, 0.2) is 0 Å². The zero-order valence-corrected chi connectivity index (χ0v) is 14.2. The van der Waals surface area contributed by atoms with Crippen molar-refractivity contribution in [3.8, 4) is 5.88 Å². The molecule has 7 heteroatoms. The number of nitrogens with one attached hydrogen (secondary N) is 2. The van der Waals surface area contributed by atoms with Gasteiger partial charge in [0.05, 0.1) is 5.69 Å². The minimum atomic E-state index is -0.564. The van der Waals surface area contributed by atoms with Crippen LogP contribution >= 0.6 is 0 Å². The summed E-state index contributed by atoms with van der Waals surface area (Å²) < 4.78 is 0.989. The van der Waals surface area contributed by atoms with Gasteiger partial charge < -0.3 is 15.4 Å². The average molecular weight is 360 g/mol. The molecule has 0 fully saturated rings. The molecule has 0 saturated carbocycles. The molecule has 2 heterocycles. The number of aromatic nitrogens is 2. The monoisotopic (exact) mass is 360 g/mol.